The van der Waals surface area contributed by atoms with Crippen molar-refractivity contribution in [2.24, 2.45) is 0 Å². The molecule has 1 aromatic heterocycles. The first-order valence-electron chi connectivity index (χ1n) is 8.15. The standard InChI is InChI=1S/C18H25N3O2/c1-13-12-20(9-10-21(13)17(22)23-18(2,3)4)15-5-6-16-14(11-15)7-8-19-16/h5-8,11,13,19H,9-10,12H2,1-4H3/t13-/m1/s1. The summed E-state index contributed by atoms with van der Waals surface area (Å²) in [5.74, 6) is 0. The van der Waals surface area contributed by atoms with Gasteiger partial charge in [0.05, 0.1) is 0 Å². The zero-order chi connectivity index (χ0) is 16.6. The van der Waals surface area contributed by atoms with Crippen LogP contribution in [0.25, 0.3) is 10.9 Å². The molecule has 5 heteroatoms. The third-order valence-corrected chi connectivity index (χ3v) is 4.16. The summed E-state index contributed by atoms with van der Waals surface area (Å²) in [6.45, 7) is 10.1. The van der Waals surface area contributed by atoms with Crippen LogP contribution in [0, 0.1) is 0 Å². The molecule has 0 saturated carbocycles. The lowest BCUT2D eigenvalue weighted by Crippen LogP contribution is -2.55. The molecule has 0 unspecified atom stereocenters. The van der Waals surface area contributed by atoms with Crippen molar-refractivity contribution in [3.63, 3.8) is 0 Å². The van der Waals surface area contributed by atoms with Crippen molar-refractivity contribution in [2.75, 3.05) is 24.5 Å². The Morgan fingerprint density at radius 3 is 2.74 bits per heavy atom. The van der Waals surface area contributed by atoms with Crippen molar-refractivity contribution in [1.29, 1.82) is 0 Å². The summed E-state index contributed by atoms with van der Waals surface area (Å²) in [7, 11) is 0. The Balaban J connectivity index is 1.69. The van der Waals surface area contributed by atoms with Gasteiger partial charge in [-0.05, 0) is 52.0 Å². The number of amides is 1. The lowest BCUT2D eigenvalue weighted by molar-refractivity contribution is 0.0159. The average molecular weight is 315 g/mol. The second-order valence-electron chi connectivity index (χ2n) is 7.22. The second-order valence-corrected chi connectivity index (χ2v) is 7.22. The Bertz CT molecular complexity index is 702. The molecule has 1 saturated heterocycles. The van der Waals surface area contributed by atoms with Crippen molar-refractivity contribution >= 4 is 22.7 Å². The van der Waals surface area contributed by atoms with Gasteiger partial charge >= 0.3 is 6.09 Å². The van der Waals surface area contributed by atoms with Crippen LogP contribution in [0.15, 0.2) is 30.5 Å². The highest BCUT2D eigenvalue weighted by atomic mass is 16.6. The van der Waals surface area contributed by atoms with E-state index in [4.69, 9.17) is 4.74 Å². The predicted molar refractivity (Wildman–Crippen MR) is 92.9 cm³/mol. The number of benzene rings is 1. The Morgan fingerprint density at radius 2 is 2.04 bits per heavy atom. The Labute approximate surface area is 137 Å². The summed E-state index contributed by atoms with van der Waals surface area (Å²) in [6.07, 6.45) is 1.74. The van der Waals surface area contributed by atoms with Crippen LogP contribution >= 0.6 is 0 Å². The van der Waals surface area contributed by atoms with Crippen LogP contribution in [0.2, 0.25) is 0 Å². The molecule has 2 heterocycles. The number of nitrogens with one attached hydrogen (secondary N) is 1. The number of nitrogens with zero attached hydrogens (tertiary/aromatic N) is 2. The number of aromatic amines is 1. The fourth-order valence-electron chi connectivity index (χ4n) is 3.02. The Morgan fingerprint density at radius 1 is 1.26 bits per heavy atom. The first kappa shape index (κ1) is 15.7. The van der Waals surface area contributed by atoms with Gasteiger partial charge in [-0.1, -0.05) is 0 Å². The second kappa shape index (κ2) is 5.80. The van der Waals surface area contributed by atoms with Gasteiger partial charge in [-0.25, -0.2) is 4.79 Å². The summed E-state index contributed by atoms with van der Waals surface area (Å²) in [5, 5.41) is 1.21. The van der Waals surface area contributed by atoms with Gasteiger partial charge < -0.3 is 19.5 Å². The number of hydrogen-bond acceptors (Lipinski definition) is 3. The van der Waals surface area contributed by atoms with E-state index in [-0.39, 0.29) is 12.1 Å². The number of hydrogen-bond donors (Lipinski definition) is 1. The van der Waals surface area contributed by atoms with E-state index in [2.05, 4.69) is 41.1 Å². The molecule has 0 bridgehead atoms. The van der Waals surface area contributed by atoms with Crippen molar-refractivity contribution < 1.29 is 9.53 Å². The number of aromatic nitrogens is 1. The molecule has 1 aliphatic heterocycles. The maximum Gasteiger partial charge on any atom is 0.410 e. The van der Waals surface area contributed by atoms with E-state index in [1.807, 2.05) is 31.9 Å². The molecular formula is C18H25N3O2. The lowest BCUT2D eigenvalue weighted by atomic mass is 10.1. The zero-order valence-electron chi connectivity index (χ0n) is 14.3. The molecule has 0 aliphatic carbocycles. The fourth-order valence-corrected chi connectivity index (χ4v) is 3.02. The highest BCUT2D eigenvalue weighted by Crippen LogP contribution is 2.24. The maximum atomic E-state index is 12.3. The summed E-state index contributed by atoms with van der Waals surface area (Å²) in [6, 6.07) is 8.64. The number of carbonyl (C=O) groups is 1. The highest BCUT2D eigenvalue weighted by molar-refractivity contribution is 5.83. The van der Waals surface area contributed by atoms with E-state index in [9.17, 15) is 4.79 Å². The van der Waals surface area contributed by atoms with Crippen LogP contribution in [0.4, 0.5) is 10.5 Å². The number of H-pyrrole nitrogens is 1. The summed E-state index contributed by atoms with van der Waals surface area (Å²) in [4.78, 5) is 19.7. The van der Waals surface area contributed by atoms with E-state index in [0.29, 0.717) is 6.54 Å². The molecule has 2 aromatic rings. The van der Waals surface area contributed by atoms with Crippen molar-refractivity contribution in [3.8, 4) is 0 Å². The highest BCUT2D eigenvalue weighted by Gasteiger charge is 2.30. The largest absolute Gasteiger partial charge is 0.444 e. The van der Waals surface area contributed by atoms with E-state index >= 15 is 0 Å². The predicted octanol–water partition coefficient (Wildman–Crippen LogP) is 3.61. The monoisotopic (exact) mass is 315 g/mol. The number of carbonyl (C=O) groups excluding carboxylic acids is 1. The topological polar surface area (TPSA) is 48.6 Å². The molecular weight excluding hydrogens is 290 g/mol. The van der Waals surface area contributed by atoms with Crippen molar-refractivity contribution in [3.05, 3.63) is 30.5 Å². The van der Waals surface area contributed by atoms with Gasteiger partial charge in [-0.2, -0.15) is 0 Å². The molecule has 1 aliphatic rings. The van der Waals surface area contributed by atoms with E-state index in [1.165, 1.54) is 11.1 Å². The van der Waals surface area contributed by atoms with Crippen molar-refractivity contribution in [1.82, 2.24) is 9.88 Å². The first-order valence-corrected chi connectivity index (χ1v) is 8.15. The average Bonchev–Trinajstić information content (AvgIpc) is 2.92. The van der Waals surface area contributed by atoms with Gasteiger partial charge in [-0.3, -0.25) is 0 Å². The van der Waals surface area contributed by atoms with Gasteiger partial charge in [-0.15, -0.1) is 0 Å². The minimum Gasteiger partial charge on any atom is -0.444 e. The summed E-state index contributed by atoms with van der Waals surface area (Å²) in [5.41, 5.74) is 1.90. The summed E-state index contributed by atoms with van der Waals surface area (Å²) < 4.78 is 5.50. The molecule has 3 rings (SSSR count). The molecule has 5 nitrogen and oxygen atoms in total. The van der Waals surface area contributed by atoms with E-state index < -0.39 is 5.60 Å². The Hall–Kier alpha value is -2.17. The third kappa shape index (κ3) is 3.44. The van der Waals surface area contributed by atoms with Gasteiger partial charge in [0.15, 0.2) is 0 Å². The molecule has 1 atom stereocenters. The molecule has 23 heavy (non-hydrogen) atoms. The number of rotatable bonds is 1. The molecule has 1 fully saturated rings. The van der Waals surface area contributed by atoms with Crippen molar-refractivity contribution in [2.45, 2.75) is 39.3 Å². The molecule has 0 spiro atoms. The van der Waals surface area contributed by atoms with E-state index in [1.54, 1.807) is 0 Å². The van der Waals surface area contributed by atoms with Gasteiger partial charge in [0.2, 0.25) is 0 Å². The number of piperazine rings is 1. The van der Waals surface area contributed by atoms with Gasteiger partial charge in [0.1, 0.15) is 5.60 Å². The number of anilines is 1. The normalized spacial score (nSPS) is 19.2. The molecule has 1 aromatic carbocycles. The molecule has 1 N–H and O–H groups in total. The van der Waals surface area contributed by atoms with Crippen LogP contribution < -0.4 is 4.90 Å². The lowest BCUT2D eigenvalue weighted by Gasteiger charge is -2.41. The van der Waals surface area contributed by atoms with Crippen LogP contribution in [-0.2, 0) is 4.74 Å². The first-order chi connectivity index (χ1) is 10.8. The Kier molecular flexibility index (Phi) is 3.96. The fraction of sp³-hybridized carbons (Fsp3) is 0.500. The van der Waals surface area contributed by atoms with Crippen LogP contribution in [-0.4, -0.2) is 47.3 Å². The molecule has 1 amide bonds. The van der Waals surface area contributed by atoms with Crippen LogP contribution in [0.5, 0.6) is 0 Å². The smallest absolute Gasteiger partial charge is 0.410 e. The number of fused-ring (bicyclic) bond motifs is 1. The summed E-state index contributed by atoms with van der Waals surface area (Å²) >= 11 is 0. The molecule has 0 radical (unpaired) electrons. The zero-order valence-corrected chi connectivity index (χ0v) is 14.3. The van der Waals surface area contributed by atoms with E-state index in [0.717, 1.165) is 18.6 Å². The van der Waals surface area contributed by atoms with Gasteiger partial charge in [0, 0.05) is 48.5 Å². The van der Waals surface area contributed by atoms with Crippen LogP contribution in [0.1, 0.15) is 27.7 Å². The third-order valence-electron chi connectivity index (χ3n) is 4.16. The quantitative estimate of drug-likeness (QED) is 0.874. The number of ether oxygens (including phenoxy) is 1. The maximum absolute atomic E-state index is 12.3. The van der Waals surface area contributed by atoms with Crippen LogP contribution in [0.3, 0.4) is 0 Å². The SMILES string of the molecule is C[C@@H]1CN(c2ccc3[nH]ccc3c2)CCN1C(=O)OC(C)(C)C. The minimum absolute atomic E-state index is 0.125. The minimum atomic E-state index is -0.451. The van der Waals surface area contributed by atoms with Gasteiger partial charge in [0.25, 0.3) is 0 Å². The molecule has 124 valence electrons.